The zero-order valence-corrected chi connectivity index (χ0v) is 17.0. The number of hydrogen-bond acceptors (Lipinski definition) is 5. The highest BCUT2D eigenvalue weighted by atomic mass is 16.6. The van der Waals surface area contributed by atoms with Crippen LogP contribution in [0.1, 0.15) is 40.1 Å². The van der Waals surface area contributed by atoms with Crippen LogP contribution < -0.4 is 9.47 Å². The summed E-state index contributed by atoms with van der Waals surface area (Å²) >= 11 is 0. The lowest BCUT2D eigenvalue weighted by Crippen LogP contribution is -2.16. The van der Waals surface area contributed by atoms with Crippen LogP contribution in [0.25, 0.3) is 0 Å². The molecule has 0 radical (unpaired) electrons. The number of para-hydroxylation sites is 2. The molecule has 3 aromatic carbocycles. The third-order valence-electron chi connectivity index (χ3n) is 4.25. The first-order chi connectivity index (χ1) is 14.5. The Morgan fingerprint density at radius 2 is 1.30 bits per heavy atom. The number of carbonyl (C=O) groups is 2. The zero-order chi connectivity index (χ0) is 21.3. The van der Waals surface area contributed by atoms with E-state index in [-0.39, 0.29) is 24.0 Å². The number of rotatable bonds is 8. The summed E-state index contributed by atoms with van der Waals surface area (Å²) in [5.74, 6) is -0.566. The van der Waals surface area contributed by atoms with Crippen LogP contribution >= 0.6 is 0 Å². The largest absolute Gasteiger partial charge is 0.490 e. The van der Waals surface area contributed by atoms with Crippen molar-refractivity contribution in [2.75, 3.05) is 6.61 Å². The first-order valence-electron chi connectivity index (χ1n) is 9.82. The predicted molar refractivity (Wildman–Crippen MR) is 114 cm³/mol. The molecular weight excluding hydrogens is 380 g/mol. The van der Waals surface area contributed by atoms with Crippen LogP contribution in [0.15, 0.2) is 78.9 Å². The molecule has 0 bridgehead atoms. The Balaban J connectivity index is 1.69. The molecule has 0 saturated heterocycles. The lowest BCUT2D eigenvalue weighted by molar-refractivity contribution is 0.0503. The second-order valence-corrected chi connectivity index (χ2v) is 6.92. The number of benzene rings is 3. The van der Waals surface area contributed by atoms with Crippen molar-refractivity contribution < 1.29 is 23.8 Å². The van der Waals surface area contributed by atoms with Gasteiger partial charge in [0.2, 0.25) is 0 Å². The maximum absolute atomic E-state index is 12.7. The van der Waals surface area contributed by atoms with Crippen molar-refractivity contribution in [1.82, 2.24) is 0 Å². The summed E-state index contributed by atoms with van der Waals surface area (Å²) in [6.45, 7) is 3.99. The zero-order valence-electron chi connectivity index (χ0n) is 17.0. The normalized spacial score (nSPS) is 10.5. The van der Waals surface area contributed by atoms with E-state index in [0.29, 0.717) is 17.7 Å². The Morgan fingerprint density at radius 3 is 1.97 bits per heavy atom. The molecule has 5 nitrogen and oxygen atoms in total. The standard InChI is InChI=1S/C25H24O5/c1-18(2)29-22-14-8-7-13-21(22)25(27)30-23-15-9-6-12-20(23)24(26)28-17-16-19-10-4-3-5-11-19/h3-15,18H,16-17H2,1-2H3. The van der Waals surface area contributed by atoms with Gasteiger partial charge >= 0.3 is 11.9 Å². The van der Waals surface area contributed by atoms with Gasteiger partial charge in [-0.2, -0.15) is 0 Å². The molecule has 3 aromatic rings. The summed E-state index contributed by atoms with van der Waals surface area (Å²) in [6, 6.07) is 23.1. The molecule has 0 aliphatic rings. The van der Waals surface area contributed by atoms with Crippen LogP contribution in [-0.4, -0.2) is 24.6 Å². The van der Waals surface area contributed by atoms with E-state index in [1.54, 1.807) is 48.5 Å². The first-order valence-corrected chi connectivity index (χ1v) is 9.82. The summed E-state index contributed by atoms with van der Waals surface area (Å²) in [7, 11) is 0. The van der Waals surface area contributed by atoms with Gasteiger partial charge in [-0.05, 0) is 43.7 Å². The second-order valence-electron chi connectivity index (χ2n) is 6.92. The molecule has 0 amide bonds. The maximum atomic E-state index is 12.7. The number of hydrogen-bond donors (Lipinski definition) is 0. The summed E-state index contributed by atoms with van der Waals surface area (Å²) < 4.78 is 16.6. The lowest BCUT2D eigenvalue weighted by atomic mass is 10.1. The van der Waals surface area contributed by atoms with Gasteiger partial charge in [-0.15, -0.1) is 0 Å². The third kappa shape index (κ3) is 5.70. The molecule has 30 heavy (non-hydrogen) atoms. The van der Waals surface area contributed by atoms with Crippen LogP contribution in [0.2, 0.25) is 0 Å². The Labute approximate surface area is 176 Å². The fourth-order valence-corrected chi connectivity index (χ4v) is 2.86. The van der Waals surface area contributed by atoms with Crippen molar-refractivity contribution in [2.45, 2.75) is 26.4 Å². The van der Waals surface area contributed by atoms with Crippen LogP contribution in [0, 0.1) is 0 Å². The Kier molecular flexibility index (Phi) is 7.22. The lowest BCUT2D eigenvalue weighted by Gasteiger charge is -2.14. The smallest absolute Gasteiger partial charge is 0.347 e. The topological polar surface area (TPSA) is 61.8 Å². The molecule has 0 saturated carbocycles. The third-order valence-corrected chi connectivity index (χ3v) is 4.25. The number of carbonyl (C=O) groups excluding carboxylic acids is 2. The van der Waals surface area contributed by atoms with E-state index in [2.05, 4.69) is 0 Å². The SMILES string of the molecule is CC(C)Oc1ccccc1C(=O)Oc1ccccc1C(=O)OCCc1ccccc1. The molecule has 0 aromatic heterocycles. The van der Waals surface area contributed by atoms with Crippen molar-refractivity contribution in [1.29, 1.82) is 0 Å². The second kappa shape index (κ2) is 10.3. The molecule has 154 valence electrons. The highest BCUT2D eigenvalue weighted by Gasteiger charge is 2.20. The van der Waals surface area contributed by atoms with E-state index in [0.717, 1.165) is 5.56 Å². The molecule has 0 aliphatic heterocycles. The number of esters is 2. The van der Waals surface area contributed by atoms with Gasteiger partial charge in [0.05, 0.1) is 12.7 Å². The van der Waals surface area contributed by atoms with Crippen molar-refractivity contribution in [3.05, 3.63) is 95.6 Å². The van der Waals surface area contributed by atoms with E-state index in [9.17, 15) is 9.59 Å². The van der Waals surface area contributed by atoms with Gasteiger partial charge in [0.25, 0.3) is 0 Å². The van der Waals surface area contributed by atoms with E-state index in [4.69, 9.17) is 14.2 Å². The molecule has 0 spiro atoms. The van der Waals surface area contributed by atoms with Gasteiger partial charge in [0.15, 0.2) is 0 Å². The summed E-state index contributed by atoms with van der Waals surface area (Å²) in [4.78, 5) is 25.3. The van der Waals surface area contributed by atoms with Crippen molar-refractivity contribution >= 4 is 11.9 Å². The van der Waals surface area contributed by atoms with Crippen LogP contribution in [0.3, 0.4) is 0 Å². The minimum Gasteiger partial charge on any atom is -0.490 e. The van der Waals surface area contributed by atoms with Crippen LogP contribution in [0.4, 0.5) is 0 Å². The molecule has 0 fully saturated rings. The Bertz CT molecular complexity index is 995. The molecular formula is C25H24O5. The van der Waals surface area contributed by atoms with E-state index in [1.165, 1.54) is 0 Å². The van der Waals surface area contributed by atoms with Crippen LogP contribution in [0.5, 0.6) is 11.5 Å². The fourth-order valence-electron chi connectivity index (χ4n) is 2.86. The van der Waals surface area contributed by atoms with Gasteiger partial charge < -0.3 is 14.2 Å². The molecule has 0 atom stereocenters. The minimum absolute atomic E-state index is 0.0918. The average Bonchev–Trinajstić information content (AvgIpc) is 2.74. The molecule has 3 rings (SSSR count). The Morgan fingerprint density at radius 1 is 0.733 bits per heavy atom. The highest BCUT2D eigenvalue weighted by molar-refractivity contribution is 5.97. The van der Waals surface area contributed by atoms with Gasteiger partial charge in [-0.1, -0.05) is 54.6 Å². The Hall–Kier alpha value is -3.60. The van der Waals surface area contributed by atoms with E-state index >= 15 is 0 Å². The van der Waals surface area contributed by atoms with E-state index < -0.39 is 11.9 Å². The summed E-state index contributed by atoms with van der Waals surface area (Å²) in [5.41, 5.74) is 1.56. The van der Waals surface area contributed by atoms with Gasteiger partial charge in [0, 0.05) is 6.42 Å². The fraction of sp³-hybridized carbons (Fsp3) is 0.200. The quantitative estimate of drug-likeness (QED) is 0.386. The molecule has 0 unspecified atom stereocenters. The van der Waals surface area contributed by atoms with Gasteiger partial charge in [-0.25, -0.2) is 9.59 Å². The molecule has 0 heterocycles. The molecule has 0 N–H and O–H groups in total. The van der Waals surface area contributed by atoms with Crippen molar-refractivity contribution in [2.24, 2.45) is 0 Å². The predicted octanol–water partition coefficient (Wildman–Crippen LogP) is 5.09. The maximum Gasteiger partial charge on any atom is 0.347 e. The van der Waals surface area contributed by atoms with Gasteiger partial charge in [0.1, 0.15) is 22.6 Å². The van der Waals surface area contributed by atoms with E-state index in [1.807, 2.05) is 44.2 Å². The van der Waals surface area contributed by atoms with Gasteiger partial charge in [-0.3, -0.25) is 0 Å². The van der Waals surface area contributed by atoms with Crippen molar-refractivity contribution in [3.8, 4) is 11.5 Å². The van der Waals surface area contributed by atoms with Crippen LogP contribution in [-0.2, 0) is 11.2 Å². The summed E-state index contributed by atoms with van der Waals surface area (Å²) in [5, 5.41) is 0. The monoisotopic (exact) mass is 404 g/mol. The molecule has 5 heteroatoms. The summed E-state index contributed by atoms with van der Waals surface area (Å²) in [6.07, 6.45) is 0.514. The highest BCUT2D eigenvalue weighted by Crippen LogP contribution is 2.24. The number of ether oxygens (including phenoxy) is 3. The minimum atomic E-state index is -0.601. The van der Waals surface area contributed by atoms with Crippen molar-refractivity contribution in [3.63, 3.8) is 0 Å². The first kappa shape index (κ1) is 21.1. The molecule has 0 aliphatic carbocycles. The average molecular weight is 404 g/mol.